The van der Waals surface area contributed by atoms with E-state index in [1.807, 2.05) is 30.6 Å². The van der Waals surface area contributed by atoms with Gasteiger partial charge in [-0.1, -0.05) is 0 Å². The highest BCUT2D eigenvalue weighted by Crippen LogP contribution is 2.42. The molecule has 1 saturated heterocycles. The lowest BCUT2D eigenvalue weighted by molar-refractivity contribution is -0.269. The van der Waals surface area contributed by atoms with E-state index in [-0.39, 0.29) is 18.0 Å². The summed E-state index contributed by atoms with van der Waals surface area (Å²) in [6.45, 7) is 8.39. The summed E-state index contributed by atoms with van der Waals surface area (Å²) in [6.07, 6.45) is -0.357. The summed E-state index contributed by atoms with van der Waals surface area (Å²) in [7, 11) is 0. The number of carbonyl (C=O) groups excluding carboxylic acids is 1. The number of anilines is 1. The second-order valence-electron chi connectivity index (χ2n) is 7.16. The second kappa shape index (κ2) is 5.70. The maximum atomic E-state index is 11.8. The van der Waals surface area contributed by atoms with Crippen LogP contribution < -0.4 is 5.73 Å². The van der Waals surface area contributed by atoms with Gasteiger partial charge in [0.15, 0.2) is 5.13 Å². The summed E-state index contributed by atoms with van der Waals surface area (Å²) >= 11 is 1.43. The lowest BCUT2D eigenvalue weighted by atomic mass is 9.93. The molecular weight excluding hydrogens is 316 g/mol. The quantitative estimate of drug-likeness (QED) is 0.779. The van der Waals surface area contributed by atoms with Crippen molar-refractivity contribution in [1.29, 1.82) is 0 Å². The average molecular weight is 340 g/mol. The van der Waals surface area contributed by atoms with Crippen molar-refractivity contribution >= 4 is 22.4 Å². The van der Waals surface area contributed by atoms with Gasteiger partial charge in [-0.3, -0.25) is 4.79 Å². The average Bonchev–Trinajstić information content (AvgIpc) is 2.75. The monoisotopic (exact) mass is 340 g/mol. The Balaban J connectivity index is 1.93. The highest BCUT2D eigenvalue weighted by Gasteiger charge is 2.46. The Kier molecular flexibility index (Phi) is 4.12. The molecule has 1 aromatic rings. The van der Waals surface area contributed by atoms with Crippen molar-refractivity contribution in [3.8, 4) is 0 Å². The molecule has 0 radical (unpaired) electrons. The zero-order valence-electron chi connectivity index (χ0n) is 13.9. The molecule has 3 N–H and O–H groups in total. The van der Waals surface area contributed by atoms with E-state index in [1.165, 1.54) is 11.3 Å². The molecule has 1 amide bonds. The molecule has 3 heterocycles. The Labute approximate surface area is 140 Å². The van der Waals surface area contributed by atoms with Crippen LogP contribution in [0.5, 0.6) is 0 Å². The molecule has 1 fully saturated rings. The number of fused-ring (bicyclic) bond motifs is 4. The van der Waals surface area contributed by atoms with E-state index >= 15 is 0 Å². The van der Waals surface area contributed by atoms with Gasteiger partial charge < -0.3 is 20.5 Å². The zero-order valence-corrected chi connectivity index (χ0v) is 14.8. The highest BCUT2D eigenvalue weighted by molar-refractivity contribution is 7.15. The summed E-state index contributed by atoms with van der Waals surface area (Å²) in [5.41, 5.74) is 6.41. The van der Waals surface area contributed by atoms with E-state index in [1.54, 1.807) is 6.92 Å². The molecule has 3 atom stereocenters. The molecule has 0 spiro atoms. The van der Waals surface area contributed by atoms with Gasteiger partial charge in [0, 0.05) is 37.4 Å². The number of carbonyl (C=O) groups is 1. The van der Waals surface area contributed by atoms with Crippen molar-refractivity contribution in [2.75, 3.05) is 18.8 Å². The van der Waals surface area contributed by atoms with Crippen LogP contribution in [-0.2, 0) is 16.0 Å². The largest absolute Gasteiger partial charge is 0.375 e. The minimum absolute atomic E-state index is 0.0241. The number of rotatable bonds is 2. The third-order valence-corrected chi connectivity index (χ3v) is 5.27. The molecule has 0 aromatic carbocycles. The Morgan fingerprint density at radius 1 is 1.48 bits per heavy atom. The van der Waals surface area contributed by atoms with E-state index < -0.39 is 12.0 Å². The third-order valence-electron chi connectivity index (χ3n) is 4.24. The molecule has 23 heavy (non-hydrogen) atoms. The molecule has 2 bridgehead atoms. The normalized spacial score (nSPS) is 26.0. The molecular formula is C15H24N4O3S. The molecule has 8 heteroatoms. The summed E-state index contributed by atoms with van der Waals surface area (Å²) in [5, 5.41) is 11.2. The Bertz CT molecular complexity index is 612. The standard InChI is InChI=1S/C15H24N4O3S/c1-8(20)18-6-9-5-10-12(23-13(16)17-10)11(7-18)19(9)14(21)22-15(2,3)4/h9,11,14,21H,5-7H2,1-4H3,(H2,16,17). The van der Waals surface area contributed by atoms with Gasteiger partial charge in [-0.15, -0.1) is 11.3 Å². The van der Waals surface area contributed by atoms with Crippen LogP contribution in [0.2, 0.25) is 0 Å². The first-order valence-electron chi connectivity index (χ1n) is 7.79. The topological polar surface area (TPSA) is 91.9 Å². The molecule has 2 aliphatic heterocycles. The van der Waals surface area contributed by atoms with Gasteiger partial charge in [-0.05, 0) is 20.8 Å². The van der Waals surface area contributed by atoms with Crippen LogP contribution in [0.15, 0.2) is 0 Å². The number of thiazole rings is 1. The molecule has 1 aromatic heterocycles. The minimum atomic E-state index is -1.02. The lowest BCUT2D eigenvalue weighted by Gasteiger charge is -2.51. The lowest BCUT2D eigenvalue weighted by Crippen LogP contribution is -2.62. The van der Waals surface area contributed by atoms with Gasteiger partial charge >= 0.3 is 0 Å². The number of aromatic nitrogens is 1. The molecule has 0 saturated carbocycles. The molecule has 3 rings (SSSR count). The molecule has 3 unspecified atom stereocenters. The fourth-order valence-electron chi connectivity index (χ4n) is 3.35. The molecule has 128 valence electrons. The minimum Gasteiger partial charge on any atom is -0.375 e. The number of hydrogen-bond donors (Lipinski definition) is 2. The number of piperazine rings is 1. The second-order valence-corrected chi connectivity index (χ2v) is 8.23. The van der Waals surface area contributed by atoms with Crippen molar-refractivity contribution in [2.45, 2.75) is 58.2 Å². The predicted octanol–water partition coefficient (Wildman–Crippen LogP) is 0.946. The van der Waals surface area contributed by atoms with E-state index in [0.717, 1.165) is 10.6 Å². The maximum Gasteiger partial charge on any atom is 0.219 e. The first kappa shape index (κ1) is 16.6. The van der Waals surface area contributed by atoms with Crippen molar-refractivity contribution in [1.82, 2.24) is 14.8 Å². The van der Waals surface area contributed by atoms with E-state index in [4.69, 9.17) is 10.5 Å². The fraction of sp³-hybridized carbons (Fsp3) is 0.733. The predicted molar refractivity (Wildman–Crippen MR) is 87.7 cm³/mol. The molecule has 0 aliphatic carbocycles. The Morgan fingerprint density at radius 2 is 2.17 bits per heavy atom. The van der Waals surface area contributed by atoms with Crippen LogP contribution in [0.25, 0.3) is 0 Å². The number of nitrogen functional groups attached to an aromatic ring is 1. The van der Waals surface area contributed by atoms with E-state index in [0.29, 0.717) is 24.6 Å². The number of aliphatic hydroxyl groups excluding tert-OH is 1. The SMILES string of the molecule is CC(=O)N1CC2Cc3nc(N)sc3C(C1)N2C(O)OC(C)(C)C. The first-order chi connectivity index (χ1) is 10.7. The van der Waals surface area contributed by atoms with Gasteiger partial charge in [-0.2, -0.15) is 0 Å². The van der Waals surface area contributed by atoms with Crippen molar-refractivity contribution in [3.63, 3.8) is 0 Å². The zero-order chi connectivity index (χ0) is 16.9. The number of ether oxygens (including phenoxy) is 1. The van der Waals surface area contributed by atoms with Crippen LogP contribution in [0.1, 0.15) is 44.3 Å². The smallest absolute Gasteiger partial charge is 0.219 e. The maximum absolute atomic E-state index is 11.8. The Morgan fingerprint density at radius 3 is 2.78 bits per heavy atom. The summed E-state index contributed by atoms with van der Waals surface area (Å²) in [5.74, 6) is 0.0480. The summed E-state index contributed by atoms with van der Waals surface area (Å²) < 4.78 is 5.76. The van der Waals surface area contributed by atoms with Crippen LogP contribution in [0, 0.1) is 0 Å². The summed E-state index contributed by atoms with van der Waals surface area (Å²) in [4.78, 5) is 21.1. The number of amides is 1. The van der Waals surface area contributed by atoms with Crippen molar-refractivity contribution in [3.05, 3.63) is 10.6 Å². The van der Waals surface area contributed by atoms with Crippen LogP contribution >= 0.6 is 11.3 Å². The molecule has 2 aliphatic rings. The highest BCUT2D eigenvalue weighted by atomic mass is 32.1. The number of nitrogens with two attached hydrogens (primary N) is 1. The van der Waals surface area contributed by atoms with Gasteiger partial charge in [0.1, 0.15) is 0 Å². The van der Waals surface area contributed by atoms with Crippen molar-refractivity contribution in [2.24, 2.45) is 0 Å². The molecule has 7 nitrogen and oxygen atoms in total. The van der Waals surface area contributed by atoms with Gasteiger partial charge in [0.05, 0.1) is 17.3 Å². The van der Waals surface area contributed by atoms with Crippen molar-refractivity contribution < 1.29 is 14.6 Å². The van der Waals surface area contributed by atoms with E-state index in [9.17, 15) is 9.90 Å². The van der Waals surface area contributed by atoms with Crippen LogP contribution in [-0.4, -0.2) is 56.9 Å². The fourth-order valence-corrected chi connectivity index (χ4v) is 4.31. The number of hydrogen-bond acceptors (Lipinski definition) is 7. The number of nitrogens with zero attached hydrogens (tertiary/aromatic N) is 3. The number of aliphatic hydroxyl groups is 1. The van der Waals surface area contributed by atoms with Gasteiger partial charge in [0.2, 0.25) is 12.3 Å². The van der Waals surface area contributed by atoms with Gasteiger partial charge in [0.25, 0.3) is 0 Å². The van der Waals surface area contributed by atoms with Gasteiger partial charge in [-0.25, -0.2) is 9.88 Å². The third kappa shape index (κ3) is 3.21. The van der Waals surface area contributed by atoms with Crippen LogP contribution in [0.4, 0.5) is 5.13 Å². The van der Waals surface area contributed by atoms with E-state index in [2.05, 4.69) is 4.98 Å². The Hall–Kier alpha value is -1.22. The van der Waals surface area contributed by atoms with Crippen LogP contribution in [0.3, 0.4) is 0 Å². The summed E-state index contributed by atoms with van der Waals surface area (Å²) in [6, 6.07) is -0.155. The first-order valence-corrected chi connectivity index (χ1v) is 8.61.